The topological polar surface area (TPSA) is 51.2 Å². The number of anilines is 1. The molecular weight excluding hydrogens is 248 g/mol. The minimum absolute atomic E-state index is 0.126. The third-order valence-corrected chi connectivity index (χ3v) is 3.44. The van der Waals surface area contributed by atoms with Crippen molar-refractivity contribution in [3.8, 4) is 0 Å². The van der Waals surface area contributed by atoms with Crippen molar-refractivity contribution in [3.63, 3.8) is 0 Å². The quantitative estimate of drug-likeness (QED) is 0.921. The number of hydrogen-bond donors (Lipinski definition) is 1. The largest absolute Gasteiger partial charge is 0.380 e. The highest BCUT2D eigenvalue weighted by Crippen LogP contribution is 2.19. The summed E-state index contributed by atoms with van der Waals surface area (Å²) in [6, 6.07) is 7.59. The van der Waals surface area contributed by atoms with Crippen molar-refractivity contribution >= 4 is 22.9 Å². The fraction of sp³-hybridized carbons (Fsp3) is 0.231. The van der Waals surface area contributed by atoms with Gasteiger partial charge in [-0.05, 0) is 13.0 Å². The normalized spacial score (nSPS) is 10.3. The van der Waals surface area contributed by atoms with Gasteiger partial charge in [0, 0.05) is 18.4 Å². The SMILES string of the molecule is COCc1ccccc1NC(=O)c1scnc1C. The third-order valence-electron chi connectivity index (χ3n) is 2.52. The monoisotopic (exact) mass is 262 g/mol. The van der Waals surface area contributed by atoms with Gasteiger partial charge in [-0.2, -0.15) is 0 Å². The maximum atomic E-state index is 12.1. The highest BCUT2D eigenvalue weighted by molar-refractivity contribution is 7.12. The molecule has 94 valence electrons. The van der Waals surface area contributed by atoms with Crippen molar-refractivity contribution in [2.75, 3.05) is 12.4 Å². The summed E-state index contributed by atoms with van der Waals surface area (Å²) in [7, 11) is 1.63. The van der Waals surface area contributed by atoms with Crippen LogP contribution in [-0.4, -0.2) is 18.0 Å². The number of aromatic nitrogens is 1. The summed E-state index contributed by atoms with van der Waals surface area (Å²) in [5, 5.41) is 2.89. The van der Waals surface area contributed by atoms with Crippen LogP contribution in [0.2, 0.25) is 0 Å². The molecule has 1 N–H and O–H groups in total. The maximum Gasteiger partial charge on any atom is 0.267 e. The summed E-state index contributed by atoms with van der Waals surface area (Å²) in [4.78, 5) is 16.8. The Morgan fingerprint density at radius 1 is 1.44 bits per heavy atom. The van der Waals surface area contributed by atoms with Crippen LogP contribution < -0.4 is 5.32 Å². The molecule has 1 aromatic heterocycles. The molecule has 0 unspecified atom stereocenters. The average molecular weight is 262 g/mol. The number of nitrogens with zero attached hydrogens (tertiary/aromatic N) is 1. The number of carbonyl (C=O) groups is 1. The highest BCUT2D eigenvalue weighted by atomic mass is 32.1. The number of amides is 1. The third kappa shape index (κ3) is 2.75. The van der Waals surface area contributed by atoms with E-state index >= 15 is 0 Å². The molecule has 5 heteroatoms. The molecule has 18 heavy (non-hydrogen) atoms. The first-order valence-electron chi connectivity index (χ1n) is 5.50. The lowest BCUT2D eigenvalue weighted by molar-refractivity contribution is 0.102. The van der Waals surface area contributed by atoms with Crippen LogP contribution in [0.4, 0.5) is 5.69 Å². The molecule has 0 atom stereocenters. The van der Waals surface area contributed by atoms with E-state index in [0.29, 0.717) is 11.5 Å². The zero-order valence-corrected chi connectivity index (χ0v) is 11.1. The number of carbonyl (C=O) groups excluding carboxylic acids is 1. The lowest BCUT2D eigenvalue weighted by atomic mass is 10.2. The number of nitrogens with one attached hydrogen (secondary N) is 1. The molecule has 0 saturated heterocycles. The first-order valence-corrected chi connectivity index (χ1v) is 6.38. The fourth-order valence-electron chi connectivity index (χ4n) is 1.62. The molecule has 1 amide bonds. The van der Waals surface area contributed by atoms with E-state index in [1.165, 1.54) is 11.3 Å². The van der Waals surface area contributed by atoms with Gasteiger partial charge in [-0.1, -0.05) is 18.2 Å². The molecule has 0 fully saturated rings. The summed E-state index contributed by atoms with van der Waals surface area (Å²) in [6.07, 6.45) is 0. The fourth-order valence-corrected chi connectivity index (χ4v) is 2.32. The molecule has 0 radical (unpaired) electrons. The van der Waals surface area contributed by atoms with Gasteiger partial charge < -0.3 is 10.1 Å². The van der Waals surface area contributed by atoms with E-state index in [9.17, 15) is 4.79 Å². The van der Waals surface area contributed by atoms with E-state index in [-0.39, 0.29) is 5.91 Å². The number of thiazole rings is 1. The Morgan fingerprint density at radius 2 is 2.22 bits per heavy atom. The summed E-state index contributed by atoms with van der Waals surface area (Å²) >= 11 is 1.34. The van der Waals surface area contributed by atoms with Crippen LogP contribution >= 0.6 is 11.3 Å². The second kappa shape index (κ2) is 5.75. The summed E-state index contributed by atoms with van der Waals surface area (Å²) < 4.78 is 5.10. The van der Waals surface area contributed by atoms with E-state index in [1.807, 2.05) is 31.2 Å². The van der Waals surface area contributed by atoms with Crippen LogP contribution in [0.5, 0.6) is 0 Å². The number of para-hydroxylation sites is 1. The Bertz CT molecular complexity index is 551. The van der Waals surface area contributed by atoms with Crippen molar-refractivity contribution in [3.05, 3.63) is 45.9 Å². The van der Waals surface area contributed by atoms with Crippen LogP contribution in [0.3, 0.4) is 0 Å². The second-order valence-electron chi connectivity index (χ2n) is 3.81. The van der Waals surface area contributed by atoms with Gasteiger partial charge in [0.25, 0.3) is 5.91 Å². The van der Waals surface area contributed by atoms with E-state index in [2.05, 4.69) is 10.3 Å². The molecule has 0 aliphatic carbocycles. The molecule has 1 aromatic carbocycles. The molecule has 0 spiro atoms. The molecule has 0 saturated carbocycles. The maximum absolute atomic E-state index is 12.1. The highest BCUT2D eigenvalue weighted by Gasteiger charge is 2.13. The van der Waals surface area contributed by atoms with Gasteiger partial charge in [-0.3, -0.25) is 4.79 Å². The van der Waals surface area contributed by atoms with Crippen LogP contribution in [-0.2, 0) is 11.3 Å². The van der Waals surface area contributed by atoms with Gasteiger partial charge >= 0.3 is 0 Å². The summed E-state index contributed by atoms with van der Waals surface area (Å²) in [5.41, 5.74) is 4.15. The minimum Gasteiger partial charge on any atom is -0.380 e. The molecule has 0 aliphatic heterocycles. The van der Waals surface area contributed by atoms with Crippen LogP contribution in [0, 0.1) is 6.92 Å². The zero-order chi connectivity index (χ0) is 13.0. The van der Waals surface area contributed by atoms with E-state index in [1.54, 1.807) is 12.6 Å². The van der Waals surface area contributed by atoms with Crippen LogP contribution in [0.25, 0.3) is 0 Å². The van der Waals surface area contributed by atoms with E-state index in [0.717, 1.165) is 16.9 Å². The van der Waals surface area contributed by atoms with E-state index in [4.69, 9.17) is 4.74 Å². The number of ether oxygens (including phenoxy) is 1. The van der Waals surface area contributed by atoms with Crippen LogP contribution in [0.1, 0.15) is 20.9 Å². The Morgan fingerprint density at radius 3 is 2.89 bits per heavy atom. The number of methoxy groups -OCH3 is 1. The second-order valence-corrected chi connectivity index (χ2v) is 4.67. The standard InChI is InChI=1S/C13H14N2O2S/c1-9-12(18-8-14-9)13(16)15-11-6-4-3-5-10(11)7-17-2/h3-6,8H,7H2,1-2H3,(H,15,16). The predicted octanol–water partition coefficient (Wildman–Crippen LogP) is 2.85. The van der Waals surface area contributed by atoms with Gasteiger partial charge in [-0.15, -0.1) is 11.3 Å². The molecular formula is C13H14N2O2S. The first kappa shape index (κ1) is 12.7. The molecule has 4 nitrogen and oxygen atoms in total. The zero-order valence-electron chi connectivity index (χ0n) is 10.3. The van der Waals surface area contributed by atoms with E-state index < -0.39 is 0 Å². The summed E-state index contributed by atoms with van der Waals surface area (Å²) in [5.74, 6) is -0.126. The Balaban J connectivity index is 2.19. The molecule has 2 rings (SSSR count). The Hall–Kier alpha value is -1.72. The molecule has 0 aliphatic rings. The smallest absolute Gasteiger partial charge is 0.267 e. The van der Waals surface area contributed by atoms with Crippen LogP contribution in [0.15, 0.2) is 29.8 Å². The predicted molar refractivity (Wildman–Crippen MR) is 72.0 cm³/mol. The van der Waals surface area contributed by atoms with Crippen molar-refractivity contribution < 1.29 is 9.53 Å². The molecule has 2 aromatic rings. The summed E-state index contributed by atoms with van der Waals surface area (Å²) in [6.45, 7) is 2.30. The average Bonchev–Trinajstić information content (AvgIpc) is 2.78. The minimum atomic E-state index is -0.126. The Kier molecular flexibility index (Phi) is 4.07. The van der Waals surface area contributed by atoms with Crippen molar-refractivity contribution in [1.82, 2.24) is 4.98 Å². The first-order chi connectivity index (χ1) is 8.72. The van der Waals surface area contributed by atoms with Gasteiger partial charge in [0.05, 0.1) is 17.8 Å². The van der Waals surface area contributed by atoms with Gasteiger partial charge in [-0.25, -0.2) is 4.98 Å². The number of rotatable bonds is 4. The van der Waals surface area contributed by atoms with Gasteiger partial charge in [0.2, 0.25) is 0 Å². The lowest BCUT2D eigenvalue weighted by Gasteiger charge is -2.09. The lowest BCUT2D eigenvalue weighted by Crippen LogP contribution is -2.13. The molecule has 0 bridgehead atoms. The number of hydrogen-bond acceptors (Lipinski definition) is 4. The number of aryl methyl sites for hydroxylation is 1. The van der Waals surface area contributed by atoms with Crippen molar-refractivity contribution in [2.45, 2.75) is 13.5 Å². The molecule has 1 heterocycles. The van der Waals surface area contributed by atoms with Crippen molar-refractivity contribution in [2.24, 2.45) is 0 Å². The number of benzene rings is 1. The van der Waals surface area contributed by atoms with Crippen molar-refractivity contribution in [1.29, 1.82) is 0 Å². The van der Waals surface area contributed by atoms with Gasteiger partial charge in [0.1, 0.15) is 4.88 Å². The van der Waals surface area contributed by atoms with Gasteiger partial charge in [0.15, 0.2) is 0 Å². The Labute approximate surface area is 110 Å².